The third kappa shape index (κ3) is 1.67. The topological polar surface area (TPSA) is 55.1 Å². The van der Waals surface area contributed by atoms with E-state index in [0.29, 0.717) is 0 Å². The molecule has 0 spiro atoms. The summed E-state index contributed by atoms with van der Waals surface area (Å²) in [4.78, 5) is 13.4. The minimum atomic E-state index is -0.169. The van der Waals surface area contributed by atoms with Crippen molar-refractivity contribution in [1.82, 2.24) is 5.43 Å². The summed E-state index contributed by atoms with van der Waals surface area (Å²) < 4.78 is 0. The molecule has 3 N–H and O–H groups in total. The van der Waals surface area contributed by atoms with Crippen molar-refractivity contribution in [1.29, 1.82) is 0 Å². The Hall–Kier alpha value is -0.870. The van der Waals surface area contributed by atoms with Crippen molar-refractivity contribution in [2.75, 3.05) is 0 Å². The van der Waals surface area contributed by atoms with E-state index in [-0.39, 0.29) is 5.91 Å². The molecule has 0 aromatic carbocycles. The summed E-state index contributed by atoms with van der Waals surface area (Å²) >= 11 is 1.58. The first-order valence-corrected chi connectivity index (χ1v) is 5.65. The molecular weight excluding hydrogens is 196 g/mol. The molecule has 76 valence electrons. The number of rotatable bonds is 1. The van der Waals surface area contributed by atoms with E-state index in [4.69, 9.17) is 5.84 Å². The van der Waals surface area contributed by atoms with Crippen LogP contribution >= 0.6 is 11.3 Å². The number of hydrogen-bond acceptors (Lipinski definition) is 3. The second-order valence-corrected chi connectivity index (χ2v) is 5.02. The number of nitrogens with two attached hydrogens (primary N) is 1. The summed E-state index contributed by atoms with van der Waals surface area (Å²) in [5.74, 6) is 5.67. The maximum atomic E-state index is 11.3. The zero-order valence-corrected chi connectivity index (χ0v) is 8.99. The molecule has 4 heteroatoms. The first-order chi connectivity index (χ1) is 6.70. The van der Waals surface area contributed by atoms with E-state index in [1.807, 2.05) is 6.07 Å². The Morgan fingerprint density at radius 3 is 3.21 bits per heavy atom. The number of amides is 1. The molecule has 0 bridgehead atoms. The van der Waals surface area contributed by atoms with Crippen molar-refractivity contribution in [2.24, 2.45) is 11.8 Å². The maximum absolute atomic E-state index is 11.3. The standard InChI is InChI=1S/C10H14N2OS/c1-6-2-3-8-7(4-6)5-9(14-8)10(13)12-11/h5-6H,2-4,11H2,1H3,(H,12,13)/t6-/m1/s1. The fourth-order valence-corrected chi connectivity index (χ4v) is 3.00. The number of nitrogen functional groups attached to an aromatic ring is 1. The Balaban J connectivity index is 2.27. The van der Waals surface area contributed by atoms with Crippen LogP contribution in [0, 0.1) is 5.92 Å². The van der Waals surface area contributed by atoms with Crippen LogP contribution in [0.1, 0.15) is 33.5 Å². The summed E-state index contributed by atoms with van der Waals surface area (Å²) in [7, 11) is 0. The van der Waals surface area contributed by atoms with Gasteiger partial charge in [-0.15, -0.1) is 11.3 Å². The normalized spacial score (nSPS) is 20.3. The summed E-state index contributed by atoms with van der Waals surface area (Å²) in [6, 6.07) is 1.98. The van der Waals surface area contributed by atoms with Crippen LogP contribution in [0.25, 0.3) is 0 Å². The van der Waals surface area contributed by atoms with E-state index in [9.17, 15) is 4.79 Å². The van der Waals surface area contributed by atoms with Crippen LogP contribution in [0.4, 0.5) is 0 Å². The molecule has 0 unspecified atom stereocenters. The van der Waals surface area contributed by atoms with Gasteiger partial charge < -0.3 is 0 Å². The predicted octanol–water partition coefficient (Wildman–Crippen LogP) is 1.48. The summed E-state index contributed by atoms with van der Waals surface area (Å²) in [5, 5.41) is 0. The maximum Gasteiger partial charge on any atom is 0.275 e. The zero-order valence-electron chi connectivity index (χ0n) is 8.17. The lowest BCUT2D eigenvalue weighted by molar-refractivity contribution is 0.0957. The van der Waals surface area contributed by atoms with Crippen LogP contribution in [0.3, 0.4) is 0 Å². The molecule has 0 fully saturated rings. The molecule has 1 aliphatic carbocycles. The molecule has 1 atom stereocenters. The van der Waals surface area contributed by atoms with Crippen molar-refractivity contribution >= 4 is 17.2 Å². The van der Waals surface area contributed by atoms with Gasteiger partial charge in [0.05, 0.1) is 4.88 Å². The highest BCUT2D eigenvalue weighted by Crippen LogP contribution is 2.31. The van der Waals surface area contributed by atoms with Crippen LogP contribution in [0.5, 0.6) is 0 Å². The van der Waals surface area contributed by atoms with Crippen molar-refractivity contribution in [3.63, 3.8) is 0 Å². The quantitative estimate of drug-likeness (QED) is 0.419. The SMILES string of the molecule is C[C@@H]1CCc2sc(C(=O)NN)cc2C1. The molecule has 2 rings (SSSR count). The Labute approximate surface area is 87.3 Å². The van der Waals surface area contributed by atoms with Gasteiger partial charge in [0.1, 0.15) is 0 Å². The molecule has 1 amide bonds. The van der Waals surface area contributed by atoms with Gasteiger partial charge in [0.25, 0.3) is 5.91 Å². The summed E-state index contributed by atoms with van der Waals surface area (Å²) in [6.45, 7) is 2.25. The number of hydrazine groups is 1. The van der Waals surface area contributed by atoms with Gasteiger partial charge in [-0.25, -0.2) is 5.84 Å². The second-order valence-electron chi connectivity index (χ2n) is 3.88. The van der Waals surface area contributed by atoms with E-state index < -0.39 is 0 Å². The molecule has 14 heavy (non-hydrogen) atoms. The first kappa shape index (κ1) is 9.68. The van der Waals surface area contributed by atoms with Crippen LogP contribution in [-0.4, -0.2) is 5.91 Å². The van der Waals surface area contributed by atoms with Crippen molar-refractivity contribution in [2.45, 2.75) is 26.2 Å². The monoisotopic (exact) mass is 210 g/mol. The highest BCUT2D eigenvalue weighted by molar-refractivity contribution is 7.14. The zero-order chi connectivity index (χ0) is 10.1. The Morgan fingerprint density at radius 2 is 2.50 bits per heavy atom. The van der Waals surface area contributed by atoms with Crippen molar-refractivity contribution < 1.29 is 4.79 Å². The molecule has 1 aliphatic rings. The molecule has 1 aromatic heterocycles. The lowest BCUT2D eigenvalue weighted by Crippen LogP contribution is -2.29. The molecule has 3 nitrogen and oxygen atoms in total. The Kier molecular flexibility index (Phi) is 2.56. The number of carbonyl (C=O) groups excluding carboxylic acids is 1. The highest BCUT2D eigenvalue weighted by atomic mass is 32.1. The lowest BCUT2D eigenvalue weighted by Gasteiger charge is -2.16. The molecule has 0 saturated heterocycles. The molecule has 0 radical (unpaired) electrons. The van der Waals surface area contributed by atoms with Gasteiger partial charge in [-0.1, -0.05) is 6.92 Å². The average molecular weight is 210 g/mol. The van der Waals surface area contributed by atoms with Crippen LogP contribution in [0.15, 0.2) is 6.07 Å². The van der Waals surface area contributed by atoms with Crippen molar-refractivity contribution in [3.8, 4) is 0 Å². The van der Waals surface area contributed by atoms with Gasteiger partial charge in [-0.05, 0) is 36.8 Å². The van der Waals surface area contributed by atoms with Gasteiger partial charge in [-0.3, -0.25) is 10.2 Å². The summed E-state index contributed by atoms with van der Waals surface area (Å²) in [6.07, 6.45) is 3.44. The van der Waals surface area contributed by atoms with E-state index in [2.05, 4.69) is 12.3 Å². The fourth-order valence-electron chi connectivity index (χ4n) is 1.89. The van der Waals surface area contributed by atoms with Gasteiger partial charge in [-0.2, -0.15) is 0 Å². The average Bonchev–Trinajstić information content (AvgIpc) is 2.59. The highest BCUT2D eigenvalue weighted by Gasteiger charge is 2.19. The first-order valence-electron chi connectivity index (χ1n) is 4.83. The lowest BCUT2D eigenvalue weighted by atomic mass is 9.90. The minimum Gasteiger partial charge on any atom is -0.289 e. The third-order valence-corrected chi connectivity index (χ3v) is 3.92. The summed E-state index contributed by atoms with van der Waals surface area (Å²) in [5.41, 5.74) is 3.51. The molecule has 1 aromatic rings. The van der Waals surface area contributed by atoms with E-state index in [0.717, 1.165) is 23.6 Å². The van der Waals surface area contributed by atoms with Gasteiger partial charge >= 0.3 is 0 Å². The van der Waals surface area contributed by atoms with E-state index >= 15 is 0 Å². The Bertz CT molecular complexity index is 359. The van der Waals surface area contributed by atoms with Crippen LogP contribution < -0.4 is 11.3 Å². The largest absolute Gasteiger partial charge is 0.289 e. The number of thiophene rings is 1. The van der Waals surface area contributed by atoms with Gasteiger partial charge in [0, 0.05) is 4.88 Å². The van der Waals surface area contributed by atoms with Crippen LogP contribution in [0.2, 0.25) is 0 Å². The Morgan fingerprint density at radius 1 is 1.71 bits per heavy atom. The molecule has 1 heterocycles. The third-order valence-electron chi connectivity index (χ3n) is 2.68. The smallest absolute Gasteiger partial charge is 0.275 e. The van der Waals surface area contributed by atoms with Gasteiger partial charge in [0.2, 0.25) is 0 Å². The fraction of sp³-hybridized carbons (Fsp3) is 0.500. The number of aryl methyl sites for hydroxylation is 1. The van der Waals surface area contributed by atoms with Crippen molar-refractivity contribution in [3.05, 3.63) is 21.4 Å². The number of fused-ring (bicyclic) bond motifs is 1. The van der Waals surface area contributed by atoms with Gasteiger partial charge in [0.15, 0.2) is 0 Å². The molecule has 0 saturated carbocycles. The number of carbonyl (C=O) groups is 1. The van der Waals surface area contributed by atoms with Crippen LogP contribution in [-0.2, 0) is 12.8 Å². The number of nitrogens with one attached hydrogen (secondary N) is 1. The number of hydrogen-bond donors (Lipinski definition) is 2. The van der Waals surface area contributed by atoms with E-state index in [1.54, 1.807) is 11.3 Å². The molecule has 0 aliphatic heterocycles. The second kappa shape index (κ2) is 3.71. The molecular formula is C10H14N2OS. The predicted molar refractivity (Wildman–Crippen MR) is 57.2 cm³/mol. The minimum absolute atomic E-state index is 0.169. The van der Waals surface area contributed by atoms with E-state index in [1.165, 1.54) is 16.9 Å².